The van der Waals surface area contributed by atoms with E-state index in [0.717, 1.165) is 5.92 Å². The van der Waals surface area contributed by atoms with Crippen LogP contribution >= 0.6 is 0 Å². The molecule has 54 valence electrons. The third-order valence-corrected chi connectivity index (χ3v) is 2.92. The first-order valence-corrected chi connectivity index (χ1v) is 3.81. The molecule has 9 heavy (non-hydrogen) atoms. The van der Waals surface area contributed by atoms with Crippen molar-refractivity contribution in [3.05, 3.63) is 0 Å². The van der Waals surface area contributed by atoms with Gasteiger partial charge in [0.25, 0.3) is 0 Å². The Hall–Kier alpha value is -0.0400. The van der Waals surface area contributed by atoms with Gasteiger partial charge < -0.3 is 4.90 Å². The van der Waals surface area contributed by atoms with E-state index in [1.165, 1.54) is 12.8 Å². The molecule has 0 unspecified atom stereocenters. The van der Waals surface area contributed by atoms with E-state index in [9.17, 15) is 0 Å². The van der Waals surface area contributed by atoms with Crippen molar-refractivity contribution < 1.29 is 0 Å². The number of nitrogens with zero attached hydrogens (tertiary/aromatic N) is 1. The van der Waals surface area contributed by atoms with Crippen molar-refractivity contribution in [2.45, 2.75) is 32.2 Å². The van der Waals surface area contributed by atoms with Crippen molar-refractivity contribution in [1.82, 2.24) is 4.90 Å². The van der Waals surface area contributed by atoms with E-state index in [0.29, 0.717) is 5.54 Å². The van der Waals surface area contributed by atoms with E-state index in [1.807, 2.05) is 0 Å². The maximum Gasteiger partial charge on any atom is 0.0230 e. The minimum Gasteiger partial charge on any atom is -0.303 e. The summed E-state index contributed by atoms with van der Waals surface area (Å²) in [5.41, 5.74) is 0.583. The quantitative estimate of drug-likeness (QED) is 0.546. The van der Waals surface area contributed by atoms with Crippen LogP contribution in [0.2, 0.25) is 0 Å². The van der Waals surface area contributed by atoms with Gasteiger partial charge in [-0.25, -0.2) is 0 Å². The molecule has 2 atom stereocenters. The molecule has 1 heteroatoms. The second kappa shape index (κ2) is 1.98. The van der Waals surface area contributed by atoms with Gasteiger partial charge in [-0.15, -0.1) is 0 Å². The van der Waals surface area contributed by atoms with Gasteiger partial charge in [0.1, 0.15) is 0 Å². The highest BCUT2D eigenvalue weighted by Gasteiger charge is 2.50. The van der Waals surface area contributed by atoms with Gasteiger partial charge in [0.2, 0.25) is 0 Å². The van der Waals surface area contributed by atoms with Crippen LogP contribution < -0.4 is 0 Å². The summed E-state index contributed by atoms with van der Waals surface area (Å²) in [6.07, 6.45) is 2.71. The summed E-state index contributed by atoms with van der Waals surface area (Å²) < 4.78 is 0. The van der Waals surface area contributed by atoms with E-state index in [4.69, 9.17) is 0 Å². The predicted octanol–water partition coefficient (Wildman–Crippen LogP) is 1.74. The highest BCUT2D eigenvalue weighted by Crippen LogP contribution is 2.49. The summed E-state index contributed by atoms with van der Waals surface area (Å²) >= 11 is 0. The van der Waals surface area contributed by atoms with Gasteiger partial charge in [-0.3, -0.25) is 0 Å². The van der Waals surface area contributed by atoms with Crippen molar-refractivity contribution in [2.24, 2.45) is 5.92 Å². The summed E-state index contributed by atoms with van der Waals surface area (Å²) in [6, 6.07) is 0. The molecule has 0 aromatic heterocycles. The molecule has 0 N–H and O–H groups in total. The highest BCUT2D eigenvalue weighted by atomic mass is 15.2. The first kappa shape index (κ1) is 7.07. The molecule has 1 saturated carbocycles. The molecule has 1 rings (SSSR count). The van der Waals surface area contributed by atoms with Gasteiger partial charge in [0.05, 0.1) is 0 Å². The Balaban J connectivity index is 2.52. The van der Waals surface area contributed by atoms with Crippen molar-refractivity contribution >= 4 is 0 Å². The summed E-state index contributed by atoms with van der Waals surface area (Å²) in [4.78, 5) is 2.37. The Bertz CT molecular complexity index is 105. The lowest BCUT2D eigenvalue weighted by atomic mass is 10.1. The van der Waals surface area contributed by atoms with Crippen LogP contribution in [0.1, 0.15) is 26.7 Å². The van der Waals surface area contributed by atoms with Crippen molar-refractivity contribution in [3.8, 4) is 0 Å². The van der Waals surface area contributed by atoms with Crippen LogP contribution in [0.5, 0.6) is 0 Å². The van der Waals surface area contributed by atoms with E-state index in [2.05, 4.69) is 32.8 Å². The van der Waals surface area contributed by atoms with Gasteiger partial charge in [0.15, 0.2) is 0 Å². The van der Waals surface area contributed by atoms with Crippen LogP contribution in [0.3, 0.4) is 0 Å². The largest absolute Gasteiger partial charge is 0.303 e. The van der Waals surface area contributed by atoms with Crippen LogP contribution in [-0.4, -0.2) is 24.5 Å². The molecule has 0 saturated heterocycles. The Morgan fingerprint density at radius 1 is 1.56 bits per heavy atom. The van der Waals surface area contributed by atoms with E-state index < -0.39 is 0 Å². The zero-order valence-electron chi connectivity index (χ0n) is 6.94. The van der Waals surface area contributed by atoms with Gasteiger partial charge in [-0.2, -0.15) is 0 Å². The Morgan fingerprint density at radius 3 is 2.00 bits per heavy atom. The molecule has 1 nitrogen and oxygen atoms in total. The van der Waals surface area contributed by atoms with Gasteiger partial charge in [-0.05, 0) is 32.9 Å². The van der Waals surface area contributed by atoms with Gasteiger partial charge in [0, 0.05) is 5.54 Å². The first-order valence-electron chi connectivity index (χ1n) is 3.81. The summed E-state index contributed by atoms with van der Waals surface area (Å²) in [7, 11) is 4.38. The second-order valence-electron chi connectivity index (χ2n) is 3.46. The van der Waals surface area contributed by atoms with Crippen LogP contribution in [0.25, 0.3) is 0 Å². The molecule has 0 spiro atoms. The maximum atomic E-state index is 2.37. The van der Waals surface area contributed by atoms with Crippen molar-refractivity contribution in [1.29, 1.82) is 0 Å². The second-order valence-corrected chi connectivity index (χ2v) is 3.46. The molecule has 0 aromatic rings. The summed E-state index contributed by atoms with van der Waals surface area (Å²) in [5.74, 6) is 0.928. The third kappa shape index (κ3) is 0.877. The number of rotatable bonds is 2. The maximum absolute atomic E-state index is 2.37. The minimum atomic E-state index is 0.583. The standard InChI is InChI=1S/C8H17N/c1-5-8(9(3)4)6-7(8)2/h7H,5-6H2,1-4H3/t7-,8+/m1/s1. The molecule has 0 aromatic carbocycles. The molecule has 0 heterocycles. The lowest BCUT2D eigenvalue weighted by molar-refractivity contribution is 0.246. The number of hydrogen-bond donors (Lipinski definition) is 0. The molecule has 0 radical (unpaired) electrons. The fourth-order valence-electron chi connectivity index (χ4n) is 1.90. The molecule has 0 bridgehead atoms. The average molecular weight is 127 g/mol. The summed E-state index contributed by atoms with van der Waals surface area (Å²) in [6.45, 7) is 4.62. The van der Waals surface area contributed by atoms with Crippen molar-refractivity contribution in [2.75, 3.05) is 14.1 Å². The van der Waals surface area contributed by atoms with E-state index in [-0.39, 0.29) is 0 Å². The van der Waals surface area contributed by atoms with Crippen LogP contribution in [0.4, 0.5) is 0 Å². The predicted molar refractivity (Wildman–Crippen MR) is 40.5 cm³/mol. The zero-order valence-corrected chi connectivity index (χ0v) is 6.94. The molecular weight excluding hydrogens is 110 g/mol. The normalized spacial score (nSPS) is 41.7. The zero-order chi connectivity index (χ0) is 7.07. The Kier molecular flexibility index (Phi) is 1.55. The first-order chi connectivity index (χ1) is 4.13. The molecule has 0 amide bonds. The number of hydrogen-bond acceptors (Lipinski definition) is 1. The lowest BCUT2D eigenvalue weighted by Gasteiger charge is -2.22. The monoisotopic (exact) mass is 127 g/mol. The van der Waals surface area contributed by atoms with E-state index in [1.54, 1.807) is 0 Å². The minimum absolute atomic E-state index is 0.583. The molecule has 1 aliphatic carbocycles. The lowest BCUT2D eigenvalue weighted by Crippen LogP contribution is -2.30. The highest BCUT2D eigenvalue weighted by molar-refractivity contribution is 5.06. The Morgan fingerprint density at radius 2 is 2.00 bits per heavy atom. The fraction of sp³-hybridized carbons (Fsp3) is 1.00. The fourth-order valence-corrected chi connectivity index (χ4v) is 1.90. The van der Waals surface area contributed by atoms with Crippen LogP contribution in [0.15, 0.2) is 0 Å². The van der Waals surface area contributed by atoms with Crippen LogP contribution in [0, 0.1) is 5.92 Å². The topological polar surface area (TPSA) is 3.24 Å². The van der Waals surface area contributed by atoms with Crippen molar-refractivity contribution in [3.63, 3.8) is 0 Å². The summed E-state index contributed by atoms with van der Waals surface area (Å²) in [5, 5.41) is 0. The molecule has 1 fully saturated rings. The van der Waals surface area contributed by atoms with E-state index >= 15 is 0 Å². The SMILES string of the molecule is CC[C@]1(N(C)C)C[C@H]1C. The molecular formula is C8H17N. The smallest absolute Gasteiger partial charge is 0.0230 e. The third-order valence-electron chi connectivity index (χ3n) is 2.92. The Labute approximate surface area is 58.0 Å². The molecule has 1 aliphatic rings. The van der Waals surface area contributed by atoms with Gasteiger partial charge >= 0.3 is 0 Å². The molecule has 0 aliphatic heterocycles. The average Bonchev–Trinajstić information content (AvgIpc) is 2.43. The van der Waals surface area contributed by atoms with Gasteiger partial charge in [-0.1, -0.05) is 13.8 Å². The van der Waals surface area contributed by atoms with Crippen LogP contribution in [-0.2, 0) is 0 Å².